The predicted octanol–water partition coefficient (Wildman–Crippen LogP) is 5.17. The van der Waals surface area contributed by atoms with Crippen LogP contribution in [0.25, 0.3) is 11.4 Å². The van der Waals surface area contributed by atoms with Gasteiger partial charge in [-0.05, 0) is 56.3 Å². The first-order chi connectivity index (χ1) is 14.4. The van der Waals surface area contributed by atoms with Crippen LogP contribution in [0, 0.1) is 13.8 Å². The largest absolute Gasteiger partial charge is 0.467 e. The molecule has 3 heterocycles. The summed E-state index contributed by atoms with van der Waals surface area (Å²) in [5.74, 6) is 1.83. The third-order valence-corrected chi connectivity index (χ3v) is 6.34. The molecule has 0 bridgehead atoms. The molecule has 8 heteroatoms. The number of carbonyl (C=O) groups excluding carboxylic acids is 1. The van der Waals surface area contributed by atoms with Gasteiger partial charge >= 0.3 is 0 Å². The number of thioether (sulfide) groups is 1. The number of rotatable bonds is 7. The standard InChI is InChI=1S/C22H21ClN4O2S/c1-14-11-19(15(2)26(14)3)20(28)13-30-22-25-24-21(16-6-8-17(23)9-7-16)27(22)12-18-5-4-10-29-18/h4-11H,12-13H2,1-3H3. The summed E-state index contributed by atoms with van der Waals surface area (Å²) < 4.78 is 9.51. The molecule has 0 aliphatic heterocycles. The highest BCUT2D eigenvalue weighted by Crippen LogP contribution is 2.27. The zero-order valence-corrected chi connectivity index (χ0v) is 18.5. The number of Topliss-reactive ketones (excluding diaryl/α,β-unsaturated/α-hetero) is 1. The van der Waals surface area contributed by atoms with Crippen LogP contribution in [0.3, 0.4) is 0 Å². The summed E-state index contributed by atoms with van der Waals surface area (Å²) in [6, 6.07) is 13.1. The van der Waals surface area contributed by atoms with Gasteiger partial charge in [-0.2, -0.15) is 0 Å². The molecule has 0 unspecified atom stereocenters. The summed E-state index contributed by atoms with van der Waals surface area (Å²) in [5.41, 5.74) is 3.67. The molecule has 0 radical (unpaired) electrons. The lowest BCUT2D eigenvalue weighted by atomic mass is 10.2. The molecule has 0 N–H and O–H groups in total. The first-order valence-electron chi connectivity index (χ1n) is 9.44. The lowest BCUT2D eigenvalue weighted by Gasteiger charge is -2.09. The first kappa shape index (κ1) is 20.5. The Labute approximate surface area is 183 Å². The molecule has 1 aromatic carbocycles. The van der Waals surface area contributed by atoms with E-state index in [9.17, 15) is 4.79 Å². The van der Waals surface area contributed by atoms with Gasteiger partial charge in [-0.1, -0.05) is 23.4 Å². The summed E-state index contributed by atoms with van der Waals surface area (Å²) >= 11 is 7.40. The Bertz CT molecular complexity index is 1180. The molecule has 3 aromatic heterocycles. The quantitative estimate of drug-likeness (QED) is 0.293. The monoisotopic (exact) mass is 440 g/mol. The van der Waals surface area contributed by atoms with Gasteiger partial charge in [-0.25, -0.2) is 0 Å². The number of hydrogen-bond donors (Lipinski definition) is 0. The first-order valence-corrected chi connectivity index (χ1v) is 10.8. The van der Waals surface area contributed by atoms with Crippen molar-refractivity contribution >= 4 is 29.1 Å². The van der Waals surface area contributed by atoms with Crippen molar-refractivity contribution < 1.29 is 9.21 Å². The van der Waals surface area contributed by atoms with Crippen LogP contribution < -0.4 is 0 Å². The summed E-state index contributed by atoms with van der Waals surface area (Å²) in [7, 11) is 1.97. The van der Waals surface area contributed by atoms with Crippen molar-refractivity contribution in [1.29, 1.82) is 0 Å². The Morgan fingerprint density at radius 2 is 1.93 bits per heavy atom. The SMILES string of the molecule is Cc1cc(C(=O)CSc2nnc(-c3ccc(Cl)cc3)n2Cc2ccco2)c(C)n1C. The van der Waals surface area contributed by atoms with E-state index in [0.717, 1.165) is 28.3 Å². The van der Waals surface area contributed by atoms with Gasteiger partial charge in [0.2, 0.25) is 0 Å². The molecule has 6 nitrogen and oxygen atoms in total. The van der Waals surface area contributed by atoms with E-state index in [0.29, 0.717) is 22.5 Å². The highest BCUT2D eigenvalue weighted by molar-refractivity contribution is 7.99. The molecule has 0 aliphatic carbocycles. The second-order valence-electron chi connectivity index (χ2n) is 7.03. The topological polar surface area (TPSA) is 65.8 Å². The van der Waals surface area contributed by atoms with Gasteiger partial charge in [0.05, 0.1) is 18.6 Å². The van der Waals surface area contributed by atoms with Crippen molar-refractivity contribution in [3.63, 3.8) is 0 Å². The van der Waals surface area contributed by atoms with Gasteiger partial charge in [-0.15, -0.1) is 10.2 Å². The molecule has 4 rings (SSSR count). The van der Waals surface area contributed by atoms with Gasteiger partial charge in [-0.3, -0.25) is 9.36 Å². The van der Waals surface area contributed by atoms with Gasteiger partial charge < -0.3 is 8.98 Å². The number of hydrogen-bond acceptors (Lipinski definition) is 5. The van der Waals surface area contributed by atoms with E-state index in [2.05, 4.69) is 10.2 Å². The highest BCUT2D eigenvalue weighted by atomic mass is 35.5. The van der Waals surface area contributed by atoms with Crippen molar-refractivity contribution in [1.82, 2.24) is 19.3 Å². The normalized spacial score (nSPS) is 11.2. The average Bonchev–Trinajstić information content (AvgIpc) is 3.45. The van der Waals surface area contributed by atoms with E-state index >= 15 is 0 Å². The fourth-order valence-electron chi connectivity index (χ4n) is 3.25. The van der Waals surface area contributed by atoms with Crippen LogP contribution in [0.1, 0.15) is 27.5 Å². The Balaban J connectivity index is 1.61. The number of carbonyl (C=O) groups is 1. The number of ketones is 1. The number of halogens is 1. The van der Waals surface area contributed by atoms with Gasteiger partial charge in [0, 0.05) is 34.6 Å². The van der Waals surface area contributed by atoms with E-state index < -0.39 is 0 Å². The minimum atomic E-state index is 0.0711. The minimum Gasteiger partial charge on any atom is -0.467 e. The number of aromatic nitrogens is 4. The molecule has 0 amide bonds. The third kappa shape index (κ3) is 4.08. The summed E-state index contributed by atoms with van der Waals surface area (Å²) in [6.07, 6.45) is 1.64. The van der Waals surface area contributed by atoms with Crippen molar-refractivity contribution in [2.45, 2.75) is 25.5 Å². The van der Waals surface area contributed by atoms with Gasteiger partial charge in [0.1, 0.15) is 5.76 Å². The number of furan rings is 1. The molecular weight excluding hydrogens is 420 g/mol. The van der Waals surface area contributed by atoms with Crippen LogP contribution in [0.5, 0.6) is 0 Å². The number of benzene rings is 1. The minimum absolute atomic E-state index is 0.0711. The summed E-state index contributed by atoms with van der Waals surface area (Å²) in [4.78, 5) is 12.8. The lowest BCUT2D eigenvalue weighted by Crippen LogP contribution is -2.07. The molecule has 154 valence electrons. The molecule has 0 saturated carbocycles. The molecule has 0 saturated heterocycles. The summed E-state index contributed by atoms with van der Waals surface area (Å²) in [6.45, 7) is 4.43. The van der Waals surface area contributed by atoms with E-state index in [1.807, 2.05) is 72.5 Å². The molecule has 4 aromatic rings. The maximum Gasteiger partial charge on any atom is 0.192 e. The predicted molar refractivity (Wildman–Crippen MR) is 118 cm³/mol. The van der Waals surface area contributed by atoms with Crippen molar-refractivity contribution in [2.24, 2.45) is 7.05 Å². The lowest BCUT2D eigenvalue weighted by molar-refractivity contribution is 0.102. The second kappa shape index (κ2) is 8.53. The molecule has 0 fully saturated rings. The van der Waals surface area contributed by atoms with E-state index in [1.165, 1.54) is 11.8 Å². The molecule has 0 spiro atoms. The maximum absolute atomic E-state index is 12.8. The third-order valence-electron chi connectivity index (χ3n) is 5.12. The van der Waals surface area contributed by atoms with Gasteiger partial charge in [0.15, 0.2) is 16.8 Å². The van der Waals surface area contributed by atoms with Crippen LogP contribution in [-0.2, 0) is 13.6 Å². The fourth-order valence-corrected chi connectivity index (χ4v) is 4.20. The Morgan fingerprint density at radius 3 is 2.57 bits per heavy atom. The Morgan fingerprint density at radius 1 is 1.17 bits per heavy atom. The van der Waals surface area contributed by atoms with Crippen molar-refractivity contribution in [3.8, 4) is 11.4 Å². The smallest absolute Gasteiger partial charge is 0.192 e. The van der Waals surface area contributed by atoms with Crippen LogP contribution in [0.2, 0.25) is 5.02 Å². The fraction of sp³-hybridized carbons (Fsp3) is 0.227. The molecular formula is C22H21ClN4O2S. The van der Waals surface area contributed by atoms with Crippen LogP contribution >= 0.6 is 23.4 Å². The van der Waals surface area contributed by atoms with E-state index in [1.54, 1.807) is 6.26 Å². The van der Waals surface area contributed by atoms with Crippen LogP contribution in [0.4, 0.5) is 0 Å². The summed E-state index contributed by atoms with van der Waals surface area (Å²) in [5, 5.41) is 10.0. The Hall–Kier alpha value is -2.77. The zero-order chi connectivity index (χ0) is 21.3. The average molecular weight is 441 g/mol. The Kier molecular flexibility index (Phi) is 5.83. The number of aryl methyl sites for hydroxylation is 1. The van der Waals surface area contributed by atoms with Gasteiger partial charge in [0.25, 0.3) is 0 Å². The van der Waals surface area contributed by atoms with Crippen LogP contribution in [-0.4, -0.2) is 30.9 Å². The zero-order valence-electron chi connectivity index (χ0n) is 16.9. The van der Waals surface area contributed by atoms with Crippen LogP contribution in [0.15, 0.2) is 58.3 Å². The second-order valence-corrected chi connectivity index (χ2v) is 8.41. The van der Waals surface area contributed by atoms with E-state index in [-0.39, 0.29) is 11.5 Å². The molecule has 30 heavy (non-hydrogen) atoms. The molecule has 0 aliphatic rings. The molecule has 0 atom stereocenters. The van der Waals surface area contributed by atoms with Crippen molar-refractivity contribution in [3.05, 3.63) is 76.5 Å². The van der Waals surface area contributed by atoms with Crippen molar-refractivity contribution in [2.75, 3.05) is 5.75 Å². The maximum atomic E-state index is 12.8. The number of nitrogens with zero attached hydrogens (tertiary/aromatic N) is 4. The van der Waals surface area contributed by atoms with E-state index in [4.69, 9.17) is 16.0 Å². The highest BCUT2D eigenvalue weighted by Gasteiger charge is 2.19.